The highest BCUT2D eigenvalue weighted by molar-refractivity contribution is 7.99. The van der Waals surface area contributed by atoms with Gasteiger partial charge in [0.15, 0.2) is 11.0 Å². The molecule has 1 aromatic heterocycles. The predicted molar refractivity (Wildman–Crippen MR) is 112 cm³/mol. The lowest BCUT2D eigenvalue weighted by molar-refractivity contribution is -0.113. The van der Waals surface area contributed by atoms with Gasteiger partial charge in [0, 0.05) is 18.8 Å². The van der Waals surface area contributed by atoms with E-state index in [0.29, 0.717) is 16.7 Å². The van der Waals surface area contributed by atoms with Crippen LogP contribution in [0.1, 0.15) is 17.0 Å². The molecule has 6 nitrogen and oxygen atoms in total. The molecule has 0 bridgehead atoms. The highest BCUT2D eigenvalue weighted by atomic mass is 35.5. The van der Waals surface area contributed by atoms with Gasteiger partial charge in [-0.15, -0.1) is 10.2 Å². The third-order valence-electron chi connectivity index (χ3n) is 4.31. The van der Waals surface area contributed by atoms with E-state index in [1.807, 2.05) is 32.0 Å². The zero-order valence-electron chi connectivity index (χ0n) is 16.2. The second kappa shape index (κ2) is 9.28. The Balaban J connectivity index is 1.54. The lowest BCUT2D eigenvalue weighted by Crippen LogP contribution is -2.14. The van der Waals surface area contributed by atoms with Gasteiger partial charge in [0.25, 0.3) is 0 Å². The van der Waals surface area contributed by atoms with Crippen molar-refractivity contribution in [3.8, 4) is 5.75 Å². The van der Waals surface area contributed by atoms with Crippen LogP contribution in [0.3, 0.4) is 0 Å². The number of benzene rings is 2. The molecule has 3 aromatic rings. The fourth-order valence-electron chi connectivity index (χ4n) is 2.46. The molecule has 29 heavy (non-hydrogen) atoms. The Hall–Kier alpha value is -2.58. The lowest BCUT2D eigenvalue weighted by atomic mass is 10.1. The Morgan fingerprint density at radius 3 is 2.72 bits per heavy atom. The maximum absolute atomic E-state index is 13.2. The molecule has 9 heteroatoms. The molecule has 0 aliphatic rings. The van der Waals surface area contributed by atoms with Gasteiger partial charge in [-0.25, -0.2) is 4.39 Å². The van der Waals surface area contributed by atoms with Crippen molar-refractivity contribution >= 4 is 35.0 Å². The van der Waals surface area contributed by atoms with Crippen molar-refractivity contribution in [1.29, 1.82) is 0 Å². The van der Waals surface area contributed by atoms with Gasteiger partial charge >= 0.3 is 0 Å². The molecule has 0 aliphatic carbocycles. The van der Waals surface area contributed by atoms with Crippen molar-refractivity contribution in [3.05, 3.63) is 64.2 Å². The molecule has 0 atom stereocenters. The van der Waals surface area contributed by atoms with Gasteiger partial charge in [-0.1, -0.05) is 29.4 Å². The summed E-state index contributed by atoms with van der Waals surface area (Å²) in [6, 6.07) is 9.93. The standard InChI is InChI=1S/C20H20ClFN4O2S/c1-12-4-5-14(8-13(12)2)23-19(27)11-29-20-25-24-18(26(20)3)10-28-15-6-7-17(22)16(21)9-15/h4-9H,10-11H2,1-3H3,(H,23,27). The van der Waals surface area contributed by atoms with Gasteiger partial charge in [-0.3, -0.25) is 4.79 Å². The van der Waals surface area contributed by atoms with Crippen LogP contribution in [-0.2, 0) is 18.4 Å². The summed E-state index contributed by atoms with van der Waals surface area (Å²) in [5.74, 6) is 0.576. The smallest absolute Gasteiger partial charge is 0.234 e. The highest BCUT2D eigenvalue weighted by Gasteiger charge is 2.13. The SMILES string of the molecule is Cc1ccc(NC(=O)CSc2nnc(COc3ccc(F)c(Cl)c3)n2C)cc1C. The molecule has 152 valence electrons. The van der Waals surface area contributed by atoms with E-state index in [4.69, 9.17) is 16.3 Å². The van der Waals surface area contributed by atoms with E-state index in [9.17, 15) is 9.18 Å². The van der Waals surface area contributed by atoms with Crippen LogP contribution in [0.2, 0.25) is 5.02 Å². The quantitative estimate of drug-likeness (QED) is 0.553. The van der Waals surface area contributed by atoms with Gasteiger partial charge in [-0.05, 0) is 49.2 Å². The summed E-state index contributed by atoms with van der Waals surface area (Å²) >= 11 is 7.03. The molecule has 1 N–H and O–H groups in total. The molecule has 1 amide bonds. The number of aromatic nitrogens is 3. The average Bonchev–Trinajstić information content (AvgIpc) is 3.04. The summed E-state index contributed by atoms with van der Waals surface area (Å²) in [5.41, 5.74) is 3.06. The first-order valence-corrected chi connectivity index (χ1v) is 10.2. The topological polar surface area (TPSA) is 69.0 Å². The number of rotatable bonds is 7. The number of hydrogen-bond donors (Lipinski definition) is 1. The van der Waals surface area contributed by atoms with E-state index < -0.39 is 5.82 Å². The molecule has 0 saturated heterocycles. The second-order valence-corrected chi connectivity index (χ2v) is 7.81. The fraction of sp³-hybridized carbons (Fsp3) is 0.250. The molecular formula is C20H20ClFN4O2S. The van der Waals surface area contributed by atoms with E-state index >= 15 is 0 Å². The maximum atomic E-state index is 13.2. The zero-order chi connectivity index (χ0) is 21.0. The minimum Gasteiger partial charge on any atom is -0.486 e. The molecule has 3 rings (SSSR count). The summed E-state index contributed by atoms with van der Waals surface area (Å²) in [6.45, 7) is 4.17. The lowest BCUT2D eigenvalue weighted by Gasteiger charge is -2.08. The largest absolute Gasteiger partial charge is 0.486 e. The first-order valence-electron chi connectivity index (χ1n) is 8.79. The Morgan fingerprint density at radius 2 is 2.00 bits per heavy atom. The minimum absolute atomic E-state index is 0.00788. The molecule has 0 unspecified atom stereocenters. The predicted octanol–water partition coefficient (Wildman–Crippen LogP) is 4.53. The normalized spacial score (nSPS) is 10.8. The molecule has 0 saturated carbocycles. The number of anilines is 1. The molecule has 0 radical (unpaired) electrons. The monoisotopic (exact) mass is 434 g/mol. The number of amides is 1. The second-order valence-electron chi connectivity index (χ2n) is 6.46. The number of carbonyl (C=O) groups is 1. The summed E-state index contributed by atoms with van der Waals surface area (Å²) in [4.78, 5) is 12.2. The maximum Gasteiger partial charge on any atom is 0.234 e. The van der Waals surface area contributed by atoms with Crippen molar-refractivity contribution < 1.29 is 13.9 Å². The van der Waals surface area contributed by atoms with Crippen LogP contribution in [0.4, 0.5) is 10.1 Å². The summed E-state index contributed by atoms with van der Waals surface area (Å²) in [6.07, 6.45) is 0. The van der Waals surface area contributed by atoms with E-state index in [0.717, 1.165) is 11.3 Å². The molecule has 2 aromatic carbocycles. The molecular weight excluding hydrogens is 415 g/mol. The summed E-state index contributed by atoms with van der Waals surface area (Å²) in [7, 11) is 1.79. The van der Waals surface area contributed by atoms with Crippen LogP contribution in [0.5, 0.6) is 5.75 Å². The Bertz CT molecular complexity index is 1040. The van der Waals surface area contributed by atoms with Crippen LogP contribution >= 0.6 is 23.4 Å². The van der Waals surface area contributed by atoms with Gasteiger partial charge in [-0.2, -0.15) is 0 Å². The van der Waals surface area contributed by atoms with Crippen LogP contribution < -0.4 is 10.1 Å². The third-order valence-corrected chi connectivity index (χ3v) is 5.62. The first kappa shape index (κ1) is 21.1. The van der Waals surface area contributed by atoms with E-state index in [1.54, 1.807) is 11.6 Å². The van der Waals surface area contributed by atoms with E-state index in [-0.39, 0.29) is 23.3 Å². The van der Waals surface area contributed by atoms with E-state index in [1.165, 1.54) is 35.5 Å². The molecule has 0 aliphatic heterocycles. The van der Waals surface area contributed by atoms with Crippen LogP contribution in [0, 0.1) is 19.7 Å². The van der Waals surface area contributed by atoms with Crippen LogP contribution in [-0.4, -0.2) is 26.4 Å². The third kappa shape index (κ3) is 5.48. The zero-order valence-corrected chi connectivity index (χ0v) is 17.8. The number of nitrogens with one attached hydrogen (secondary N) is 1. The van der Waals surface area contributed by atoms with Crippen molar-refractivity contribution in [2.75, 3.05) is 11.1 Å². The van der Waals surface area contributed by atoms with Gasteiger partial charge in [0.2, 0.25) is 5.91 Å². The Labute approximate surface area is 177 Å². The number of carbonyl (C=O) groups excluding carboxylic acids is 1. The summed E-state index contributed by atoms with van der Waals surface area (Å²) in [5, 5.41) is 11.6. The summed E-state index contributed by atoms with van der Waals surface area (Å²) < 4.78 is 20.5. The number of nitrogens with zero attached hydrogens (tertiary/aromatic N) is 3. The molecule has 0 spiro atoms. The van der Waals surface area contributed by atoms with Gasteiger partial charge in [0.1, 0.15) is 18.2 Å². The van der Waals surface area contributed by atoms with Crippen molar-refractivity contribution in [2.45, 2.75) is 25.6 Å². The van der Waals surface area contributed by atoms with Crippen molar-refractivity contribution in [3.63, 3.8) is 0 Å². The number of halogens is 2. The van der Waals surface area contributed by atoms with Crippen LogP contribution in [0.25, 0.3) is 0 Å². The van der Waals surface area contributed by atoms with E-state index in [2.05, 4.69) is 15.5 Å². The minimum atomic E-state index is -0.504. The van der Waals surface area contributed by atoms with Gasteiger partial charge < -0.3 is 14.6 Å². The number of aryl methyl sites for hydroxylation is 2. The molecule has 1 heterocycles. The highest BCUT2D eigenvalue weighted by Crippen LogP contribution is 2.22. The number of ether oxygens (including phenoxy) is 1. The number of hydrogen-bond acceptors (Lipinski definition) is 5. The van der Waals surface area contributed by atoms with Crippen molar-refractivity contribution in [2.24, 2.45) is 7.05 Å². The first-order chi connectivity index (χ1) is 13.8. The number of thioether (sulfide) groups is 1. The van der Waals surface area contributed by atoms with Gasteiger partial charge in [0.05, 0.1) is 10.8 Å². The van der Waals surface area contributed by atoms with Crippen molar-refractivity contribution in [1.82, 2.24) is 14.8 Å². The Kier molecular flexibility index (Phi) is 6.76. The Morgan fingerprint density at radius 1 is 1.21 bits per heavy atom. The molecule has 0 fully saturated rings. The average molecular weight is 435 g/mol. The fourth-order valence-corrected chi connectivity index (χ4v) is 3.36. The van der Waals surface area contributed by atoms with Crippen LogP contribution in [0.15, 0.2) is 41.6 Å².